The number of hydrogen-bond acceptors (Lipinski definition) is 4. The van der Waals surface area contributed by atoms with E-state index in [4.69, 9.17) is 0 Å². The first-order chi connectivity index (χ1) is 8.15. The summed E-state index contributed by atoms with van der Waals surface area (Å²) in [5.74, 6) is -0.306. The predicted octanol–water partition coefficient (Wildman–Crippen LogP) is 3.80. The smallest absolute Gasteiger partial charge is 0.203 e. The molecule has 0 spiro atoms. The van der Waals surface area contributed by atoms with Crippen LogP contribution in [0.15, 0.2) is 33.2 Å². The summed E-state index contributed by atoms with van der Waals surface area (Å²) < 4.78 is 13.6. The molecule has 0 amide bonds. The second kappa shape index (κ2) is 5.37. The van der Waals surface area contributed by atoms with Crippen LogP contribution in [0.1, 0.15) is 11.3 Å². The van der Waals surface area contributed by atoms with E-state index >= 15 is 0 Å². The standard InChI is InChI=1S/C11H9BrFN3S/c1-7-6-17-11(15-7)16-14-5-8-2-3-9(12)10(13)4-8/h2-6H,1H3,(H,15,16). The molecule has 0 radical (unpaired) electrons. The van der Waals surface area contributed by atoms with Gasteiger partial charge in [-0.05, 0) is 40.5 Å². The normalized spacial score (nSPS) is 11.0. The lowest BCUT2D eigenvalue weighted by atomic mass is 10.2. The number of aryl methyl sites for hydroxylation is 1. The zero-order valence-electron chi connectivity index (χ0n) is 8.95. The fourth-order valence-corrected chi connectivity index (χ4v) is 2.04. The molecule has 0 bridgehead atoms. The SMILES string of the molecule is Cc1csc(NN=Cc2ccc(Br)c(F)c2)n1. The maximum absolute atomic E-state index is 13.2. The Kier molecular flexibility index (Phi) is 3.86. The molecule has 0 fully saturated rings. The molecule has 2 rings (SSSR count). The van der Waals surface area contributed by atoms with E-state index in [1.54, 1.807) is 18.3 Å². The Bertz CT molecular complexity index is 553. The number of rotatable bonds is 3. The summed E-state index contributed by atoms with van der Waals surface area (Å²) >= 11 is 4.57. The number of hydrogen-bond donors (Lipinski definition) is 1. The molecule has 0 aliphatic heterocycles. The van der Waals surface area contributed by atoms with Crippen molar-refractivity contribution >= 4 is 38.6 Å². The third-order valence-electron chi connectivity index (χ3n) is 1.94. The highest BCUT2D eigenvalue weighted by Gasteiger charge is 1.98. The fourth-order valence-electron chi connectivity index (χ4n) is 1.16. The van der Waals surface area contributed by atoms with Crippen molar-refractivity contribution < 1.29 is 4.39 Å². The first-order valence-corrected chi connectivity index (χ1v) is 6.48. The highest BCUT2D eigenvalue weighted by atomic mass is 79.9. The van der Waals surface area contributed by atoms with E-state index in [9.17, 15) is 4.39 Å². The van der Waals surface area contributed by atoms with Gasteiger partial charge in [0, 0.05) is 5.38 Å². The average Bonchev–Trinajstić information content (AvgIpc) is 2.70. The van der Waals surface area contributed by atoms with Gasteiger partial charge in [0.15, 0.2) is 0 Å². The molecular weight excluding hydrogens is 305 g/mol. The van der Waals surface area contributed by atoms with E-state index in [0.29, 0.717) is 10.0 Å². The van der Waals surface area contributed by atoms with E-state index in [1.807, 2.05) is 12.3 Å². The number of aromatic nitrogens is 1. The topological polar surface area (TPSA) is 37.3 Å². The van der Waals surface area contributed by atoms with Gasteiger partial charge in [0.2, 0.25) is 5.13 Å². The first-order valence-electron chi connectivity index (χ1n) is 4.81. The molecule has 0 unspecified atom stereocenters. The number of nitrogens with one attached hydrogen (secondary N) is 1. The maximum Gasteiger partial charge on any atom is 0.203 e. The lowest BCUT2D eigenvalue weighted by molar-refractivity contribution is 0.621. The maximum atomic E-state index is 13.2. The number of hydrazone groups is 1. The van der Waals surface area contributed by atoms with Crippen molar-refractivity contribution in [3.05, 3.63) is 45.1 Å². The summed E-state index contributed by atoms with van der Waals surface area (Å²) in [5, 5.41) is 6.63. The van der Waals surface area contributed by atoms with E-state index in [0.717, 1.165) is 10.8 Å². The van der Waals surface area contributed by atoms with Gasteiger partial charge in [0.25, 0.3) is 0 Å². The summed E-state index contributed by atoms with van der Waals surface area (Å²) in [6.45, 7) is 1.91. The second-order valence-corrected chi connectivity index (χ2v) is 5.05. The van der Waals surface area contributed by atoms with Gasteiger partial charge in [-0.25, -0.2) is 9.37 Å². The van der Waals surface area contributed by atoms with Crippen LogP contribution in [0.5, 0.6) is 0 Å². The molecule has 0 aliphatic rings. The van der Waals surface area contributed by atoms with E-state index < -0.39 is 0 Å². The molecule has 0 aliphatic carbocycles. The van der Waals surface area contributed by atoms with Crippen LogP contribution in [0.25, 0.3) is 0 Å². The van der Waals surface area contributed by atoms with Crippen LogP contribution in [0, 0.1) is 12.7 Å². The van der Waals surface area contributed by atoms with Crippen molar-refractivity contribution in [3.63, 3.8) is 0 Å². The van der Waals surface area contributed by atoms with Crippen molar-refractivity contribution in [2.45, 2.75) is 6.92 Å². The summed E-state index contributed by atoms with van der Waals surface area (Å²) in [4.78, 5) is 4.19. The molecule has 1 heterocycles. The van der Waals surface area contributed by atoms with Gasteiger partial charge in [-0.1, -0.05) is 6.07 Å². The summed E-state index contributed by atoms with van der Waals surface area (Å²) in [5.41, 5.74) is 4.42. The van der Waals surface area contributed by atoms with Crippen LogP contribution >= 0.6 is 27.3 Å². The number of anilines is 1. The summed E-state index contributed by atoms with van der Waals surface area (Å²) in [6, 6.07) is 4.82. The Balaban J connectivity index is 2.03. The zero-order chi connectivity index (χ0) is 12.3. The minimum atomic E-state index is -0.306. The summed E-state index contributed by atoms with van der Waals surface area (Å²) in [6.07, 6.45) is 1.55. The van der Waals surface area contributed by atoms with E-state index in [-0.39, 0.29) is 5.82 Å². The molecule has 0 saturated carbocycles. The lowest BCUT2D eigenvalue weighted by Gasteiger charge is -1.96. The molecule has 6 heteroatoms. The Morgan fingerprint density at radius 1 is 1.53 bits per heavy atom. The van der Waals surface area contributed by atoms with Gasteiger partial charge in [-0.2, -0.15) is 5.10 Å². The Hall–Kier alpha value is -1.27. The number of halogens is 2. The highest BCUT2D eigenvalue weighted by Crippen LogP contribution is 2.16. The van der Waals surface area contributed by atoms with Crippen LogP contribution in [0.3, 0.4) is 0 Å². The third-order valence-corrected chi connectivity index (χ3v) is 3.44. The molecule has 17 heavy (non-hydrogen) atoms. The highest BCUT2D eigenvalue weighted by molar-refractivity contribution is 9.10. The zero-order valence-corrected chi connectivity index (χ0v) is 11.3. The number of nitrogens with zero attached hydrogens (tertiary/aromatic N) is 2. The Morgan fingerprint density at radius 3 is 3.00 bits per heavy atom. The van der Waals surface area contributed by atoms with Crippen LogP contribution in [-0.2, 0) is 0 Å². The van der Waals surface area contributed by atoms with Crippen LogP contribution < -0.4 is 5.43 Å². The average molecular weight is 314 g/mol. The minimum Gasteiger partial charge on any atom is -0.253 e. The van der Waals surface area contributed by atoms with E-state index in [1.165, 1.54) is 17.4 Å². The lowest BCUT2D eigenvalue weighted by Crippen LogP contribution is -1.91. The molecule has 88 valence electrons. The van der Waals surface area contributed by atoms with Gasteiger partial charge < -0.3 is 0 Å². The molecular formula is C11H9BrFN3S. The van der Waals surface area contributed by atoms with Crippen LogP contribution in [-0.4, -0.2) is 11.2 Å². The Morgan fingerprint density at radius 2 is 2.35 bits per heavy atom. The molecule has 1 N–H and O–H groups in total. The molecule has 1 aromatic carbocycles. The molecule has 0 saturated heterocycles. The minimum absolute atomic E-state index is 0.306. The Labute approximate surface area is 111 Å². The van der Waals surface area contributed by atoms with Crippen molar-refractivity contribution in [3.8, 4) is 0 Å². The van der Waals surface area contributed by atoms with Crippen molar-refractivity contribution in [2.24, 2.45) is 5.10 Å². The second-order valence-electron chi connectivity index (χ2n) is 3.34. The monoisotopic (exact) mass is 313 g/mol. The van der Waals surface area contributed by atoms with Crippen molar-refractivity contribution in [1.82, 2.24) is 4.98 Å². The third kappa shape index (κ3) is 3.34. The van der Waals surface area contributed by atoms with E-state index in [2.05, 4.69) is 31.4 Å². The van der Waals surface area contributed by atoms with Crippen LogP contribution in [0.2, 0.25) is 0 Å². The quantitative estimate of drug-likeness (QED) is 0.691. The number of benzene rings is 1. The molecule has 0 atom stereocenters. The molecule has 3 nitrogen and oxygen atoms in total. The van der Waals surface area contributed by atoms with Gasteiger partial charge in [-0.15, -0.1) is 11.3 Å². The van der Waals surface area contributed by atoms with Gasteiger partial charge in [0.1, 0.15) is 5.82 Å². The predicted molar refractivity (Wildman–Crippen MR) is 72.2 cm³/mol. The first kappa shape index (κ1) is 12.2. The largest absolute Gasteiger partial charge is 0.253 e. The molecule has 2 aromatic rings. The van der Waals surface area contributed by atoms with Crippen LogP contribution in [0.4, 0.5) is 9.52 Å². The van der Waals surface area contributed by atoms with Gasteiger partial charge >= 0.3 is 0 Å². The van der Waals surface area contributed by atoms with Gasteiger partial charge in [-0.3, -0.25) is 5.43 Å². The van der Waals surface area contributed by atoms with Gasteiger partial charge in [0.05, 0.1) is 16.4 Å². The van der Waals surface area contributed by atoms with Crippen molar-refractivity contribution in [2.75, 3.05) is 5.43 Å². The molecule has 1 aromatic heterocycles. The fraction of sp³-hybridized carbons (Fsp3) is 0.0909. The number of thiazole rings is 1. The van der Waals surface area contributed by atoms with Crippen molar-refractivity contribution in [1.29, 1.82) is 0 Å². The summed E-state index contributed by atoms with van der Waals surface area (Å²) in [7, 11) is 0.